The van der Waals surface area contributed by atoms with E-state index in [0.29, 0.717) is 31.9 Å². The van der Waals surface area contributed by atoms with Crippen molar-refractivity contribution >= 4 is 15.9 Å². The van der Waals surface area contributed by atoms with Gasteiger partial charge in [-0.05, 0) is 31.2 Å². The third-order valence-corrected chi connectivity index (χ3v) is 5.03. The SMILES string of the molecule is C[C@@H](CN)NS(=O)(=O)c1ccc(C(=O)N2CCOCC2)cc1. The van der Waals surface area contributed by atoms with Gasteiger partial charge in [0, 0.05) is 31.2 Å². The summed E-state index contributed by atoms with van der Waals surface area (Å²) in [7, 11) is -3.61. The number of ether oxygens (including phenoxy) is 1. The molecule has 0 aliphatic carbocycles. The van der Waals surface area contributed by atoms with Crippen LogP contribution in [0.25, 0.3) is 0 Å². The van der Waals surface area contributed by atoms with Gasteiger partial charge in [-0.2, -0.15) is 0 Å². The van der Waals surface area contributed by atoms with Crippen molar-refractivity contribution < 1.29 is 17.9 Å². The smallest absolute Gasteiger partial charge is 0.254 e. The summed E-state index contributed by atoms with van der Waals surface area (Å²) in [5.74, 6) is -0.115. The second-order valence-electron chi connectivity index (χ2n) is 5.19. The van der Waals surface area contributed by atoms with Crippen molar-refractivity contribution in [3.63, 3.8) is 0 Å². The van der Waals surface area contributed by atoms with Crippen molar-refractivity contribution in [3.8, 4) is 0 Å². The van der Waals surface area contributed by atoms with Gasteiger partial charge in [-0.3, -0.25) is 4.79 Å². The zero-order chi connectivity index (χ0) is 16.2. The standard InChI is InChI=1S/C14H21N3O4S/c1-11(10-15)16-22(19,20)13-4-2-12(3-5-13)14(18)17-6-8-21-9-7-17/h2-5,11,16H,6-10,15H2,1H3/t11-/m0/s1. The van der Waals surface area contributed by atoms with Crippen molar-refractivity contribution in [2.45, 2.75) is 17.9 Å². The lowest BCUT2D eigenvalue weighted by atomic mass is 10.2. The molecule has 122 valence electrons. The topological polar surface area (TPSA) is 102 Å². The predicted octanol–water partition coefficient (Wildman–Crippen LogP) is -0.215. The molecule has 0 saturated carbocycles. The van der Waals surface area contributed by atoms with Gasteiger partial charge in [0.25, 0.3) is 5.91 Å². The summed E-state index contributed by atoms with van der Waals surface area (Å²) in [4.78, 5) is 14.1. The number of nitrogens with zero attached hydrogens (tertiary/aromatic N) is 1. The van der Waals surface area contributed by atoms with E-state index in [1.807, 2.05) is 0 Å². The minimum atomic E-state index is -3.61. The number of hydrogen-bond donors (Lipinski definition) is 2. The van der Waals surface area contributed by atoms with Crippen LogP contribution in [0, 0.1) is 0 Å². The van der Waals surface area contributed by atoms with Crippen molar-refractivity contribution in [3.05, 3.63) is 29.8 Å². The molecule has 1 aliphatic heterocycles. The Morgan fingerprint density at radius 3 is 2.45 bits per heavy atom. The molecule has 0 bridgehead atoms. The highest BCUT2D eigenvalue weighted by molar-refractivity contribution is 7.89. The first-order valence-electron chi connectivity index (χ1n) is 7.13. The molecular weight excluding hydrogens is 306 g/mol. The molecule has 1 amide bonds. The molecule has 0 radical (unpaired) electrons. The Morgan fingerprint density at radius 2 is 1.91 bits per heavy atom. The first-order chi connectivity index (χ1) is 10.4. The van der Waals surface area contributed by atoms with Gasteiger partial charge in [0.1, 0.15) is 0 Å². The van der Waals surface area contributed by atoms with Crippen LogP contribution in [0.15, 0.2) is 29.2 Å². The van der Waals surface area contributed by atoms with Gasteiger partial charge in [-0.15, -0.1) is 0 Å². The fourth-order valence-electron chi connectivity index (χ4n) is 2.11. The van der Waals surface area contributed by atoms with Crippen molar-refractivity contribution in [2.24, 2.45) is 5.73 Å². The Morgan fingerprint density at radius 1 is 1.32 bits per heavy atom. The number of sulfonamides is 1. The normalized spacial score (nSPS) is 17.3. The van der Waals surface area contributed by atoms with Gasteiger partial charge in [0.05, 0.1) is 18.1 Å². The fraction of sp³-hybridized carbons (Fsp3) is 0.500. The van der Waals surface area contributed by atoms with Gasteiger partial charge in [0.2, 0.25) is 10.0 Å². The summed E-state index contributed by atoms with van der Waals surface area (Å²) in [6.07, 6.45) is 0. The average Bonchev–Trinajstić information content (AvgIpc) is 2.54. The number of nitrogens with one attached hydrogen (secondary N) is 1. The molecule has 0 spiro atoms. The Balaban J connectivity index is 2.11. The van der Waals surface area contributed by atoms with Crippen LogP contribution in [-0.2, 0) is 14.8 Å². The zero-order valence-corrected chi connectivity index (χ0v) is 13.3. The molecule has 0 unspecified atom stereocenters. The van der Waals surface area contributed by atoms with E-state index in [1.165, 1.54) is 24.3 Å². The molecule has 8 heteroatoms. The summed E-state index contributed by atoms with van der Waals surface area (Å²) in [6.45, 7) is 4.06. The largest absolute Gasteiger partial charge is 0.378 e. The van der Waals surface area contributed by atoms with E-state index in [-0.39, 0.29) is 23.4 Å². The van der Waals surface area contributed by atoms with E-state index < -0.39 is 10.0 Å². The molecule has 1 aromatic carbocycles. The molecule has 1 atom stereocenters. The second-order valence-corrected chi connectivity index (χ2v) is 6.90. The predicted molar refractivity (Wildman–Crippen MR) is 82.0 cm³/mol. The average molecular weight is 327 g/mol. The molecule has 1 heterocycles. The lowest BCUT2D eigenvalue weighted by Crippen LogP contribution is -2.40. The molecule has 3 N–H and O–H groups in total. The summed E-state index contributed by atoms with van der Waals surface area (Å²) < 4.78 is 31.9. The highest BCUT2D eigenvalue weighted by Crippen LogP contribution is 2.13. The number of amides is 1. The Bertz CT molecular complexity index is 609. The summed E-state index contributed by atoms with van der Waals surface area (Å²) in [5.41, 5.74) is 5.88. The quantitative estimate of drug-likeness (QED) is 0.779. The van der Waals surface area contributed by atoms with Crippen LogP contribution in [-0.4, -0.2) is 58.1 Å². The Labute approximate surface area is 130 Å². The van der Waals surface area contributed by atoms with E-state index in [0.717, 1.165) is 0 Å². The highest BCUT2D eigenvalue weighted by atomic mass is 32.2. The number of nitrogens with two attached hydrogens (primary N) is 1. The van der Waals surface area contributed by atoms with Gasteiger partial charge in [-0.25, -0.2) is 13.1 Å². The van der Waals surface area contributed by atoms with E-state index in [2.05, 4.69) is 4.72 Å². The van der Waals surface area contributed by atoms with Gasteiger partial charge >= 0.3 is 0 Å². The maximum absolute atomic E-state index is 12.3. The van der Waals surface area contributed by atoms with Crippen LogP contribution < -0.4 is 10.5 Å². The van der Waals surface area contributed by atoms with E-state index in [1.54, 1.807) is 11.8 Å². The van der Waals surface area contributed by atoms with Crippen LogP contribution in [0.2, 0.25) is 0 Å². The van der Waals surface area contributed by atoms with E-state index in [9.17, 15) is 13.2 Å². The molecule has 22 heavy (non-hydrogen) atoms. The van der Waals surface area contributed by atoms with Crippen LogP contribution in [0.5, 0.6) is 0 Å². The maximum atomic E-state index is 12.3. The van der Waals surface area contributed by atoms with Gasteiger partial charge < -0.3 is 15.4 Å². The van der Waals surface area contributed by atoms with Gasteiger partial charge in [-0.1, -0.05) is 0 Å². The summed E-state index contributed by atoms with van der Waals surface area (Å²) in [5, 5.41) is 0. The van der Waals surface area contributed by atoms with E-state index >= 15 is 0 Å². The lowest BCUT2D eigenvalue weighted by Gasteiger charge is -2.26. The third-order valence-electron chi connectivity index (χ3n) is 3.42. The Kier molecular flexibility index (Phi) is 5.52. The third kappa shape index (κ3) is 4.04. The molecule has 1 saturated heterocycles. The fourth-order valence-corrected chi connectivity index (χ4v) is 3.36. The van der Waals surface area contributed by atoms with Crippen molar-refractivity contribution in [1.82, 2.24) is 9.62 Å². The molecule has 7 nitrogen and oxygen atoms in total. The van der Waals surface area contributed by atoms with Crippen LogP contribution in [0.4, 0.5) is 0 Å². The van der Waals surface area contributed by atoms with Crippen molar-refractivity contribution in [1.29, 1.82) is 0 Å². The highest BCUT2D eigenvalue weighted by Gasteiger charge is 2.20. The first kappa shape index (κ1) is 16.9. The summed E-state index contributed by atoms with van der Waals surface area (Å²) in [6, 6.07) is 5.57. The zero-order valence-electron chi connectivity index (χ0n) is 12.5. The van der Waals surface area contributed by atoms with Gasteiger partial charge in [0.15, 0.2) is 0 Å². The van der Waals surface area contributed by atoms with Crippen LogP contribution in [0.3, 0.4) is 0 Å². The van der Waals surface area contributed by atoms with Crippen LogP contribution in [0.1, 0.15) is 17.3 Å². The number of morpholine rings is 1. The second kappa shape index (κ2) is 7.19. The lowest BCUT2D eigenvalue weighted by molar-refractivity contribution is 0.0303. The van der Waals surface area contributed by atoms with E-state index in [4.69, 9.17) is 10.5 Å². The minimum absolute atomic E-state index is 0.115. The first-order valence-corrected chi connectivity index (χ1v) is 8.62. The number of carbonyl (C=O) groups is 1. The Hall–Kier alpha value is -1.48. The number of rotatable bonds is 5. The molecule has 1 aliphatic rings. The van der Waals surface area contributed by atoms with Crippen molar-refractivity contribution in [2.75, 3.05) is 32.8 Å². The molecule has 1 fully saturated rings. The number of carbonyl (C=O) groups excluding carboxylic acids is 1. The molecule has 1 aromatic rings. The molecule has 2 rings (SSSR count). The molecule has 0 aromatic heterocycles. The maximum Gasteiger partial charge on any atom is 0.254 e. The number of hydrogen-bond acceptors (Lipinski definition) is 5. The summed E-state index contributed by atoms with van der Waals surface area (Å²) >= 11 is 0. The monoisotopic (exact) mass is 327 g/mol. The molecular formula is C14H21N3O4S. The van der Waals surface area contributed by atoms with Crippen LogP contribution >= 0.6 is 0 Å². The number of benzene rings is 1. The minimum Gasteiger partial charge on any atom is -0.378 e.